The van der Waals surface area contributed by atoms with Gasteiger partial charge in [-0.2, -0.15) is 5.06 Å². The zero-order valence-corrected chi connectivity index (χ0v) is 15.3. The molecule has 1 aliphatic heterocycles. The molecule has 3 aromatic rings. The first-order valence-electron chi connectivity index (χ1n) is 9.26. The van der Waals surface area contributed by atoms with Crippen LogP contribution in [0, 0.1) is 0 Å². The van der Waals surface area contributed by atoms with Crippen molar-refractivity contribution in [3.8, 4) is 0 Å². The predicted molar refractivity (Wildman–Crippen MR) is 107 cm³/mol. The van der Waals surface area contributed by atoms with Gasteiger partial charge in [0.05, 0.1) is 0 Å². The Bertz CT molecular complexity index is 926. The molecule has 3 aromatic carbocycles. The summed E-state index contributed by atoms with van der Waals surface area (Å²) in [7, 11) is 0. The molecule has 28 heavy (non-hydrogen) atoms. The second-order valence-corrected chi connectivity index (χ2v) is 6.54. The summed E-state index contributed by atoms with van der Waals surface area (Å²) in [5.74, 6) is 0. The summed E-state index contributed by atoms with van der Waals surface area (Å²) in [5, 5.41) is 1.33. The highest BCUT2D eigenvalue weighted by atomic mass is 16.7. The molecule has 0 saturated heterocycles. The fourth-order valence-corrected chi connectivity index (χ4v) is 3.16. The number of carbonyl (C=O) groups excluding carboxylic acids is 1. The van der Waals surface area contributed by atoms with Gasteiger partial charge in [0.1, 0.15) is 18.8 Å². The van der Waals surface area contributed by atoms with Crippen LogP contribution in [-0.2, 0) is 16.2 Å². The van der Waals surface area contributed by atoms with Crippen LogP contribution in [0.5, 0.6) is 0 Å². The first kappa shape index (κ1) is 18.0. The molecule has 2 atom stereocenters. The van der Waals surface area contributed by atoms with Crippen LogP contribution in [0.25, 0.3) is 0 Å². The Morgan fingerprint density at radius 1 is 0.786 bits per heavy atom. The second-order valence-electron chi connectivity index (χ2n) is 6.54. The van der Waals surface area contributed by atoms with Crippen molar-refractivity contribution in [1.29, 1.82) is 0 Å². The van der Waals surface area contributed by atoms with E-state index in [1.165, 1.54) is 5.06 Å². The zero-order chi connectivity index (χ0) is 19.2. The van der Waals surface area contributed by atoms with Crippen molar-refractivity contribution in [2.75, 3.05) is 0 Å². The molecule has 0 aromatic heterocycles. The highest BCUT2D eigenvalue weighted by molar-refractivity contribution is 5.67. The number of hydrogen-bond acceptors (Lipinski definition) is 3. The van der Waals surface area contributed by atoms with Gasteiger partial charge in [0.25, 0.3) is 0 Å². The molecule has 0 N–H and O–H groups in total. The maximum Gasteiger partial charge on any atom is 0.435 e. The predicted octanol–water partition coefficient (Wildman–Crippen LogP) is 5.61. The van der Waals surface area contributed by atoms with Crippen LogP contribution in [0.1, 0.15) is 28.8 Å². The molecule has 0 spiro atoms. The summed E-state index contributed by atoms with van der Waals surface area (Å²) >= 11 is 0. The van der Waals surface area contributed by atoms with Gasteiger partial charge in [-0.05, 0) is 16.7 Å². The van der Waals surface area contributed by atoms with E-state index < -0.39 is 6.09 Å². The molecule has 140 valence electrons. The third-order valence-electron chi connectivity index (χ3n) is 4.60. The number of amides is 1. The molecule has 1 amide bonds. The average molecular weight is 371 g/mol. The fourth-order valence-electron chi connectivity index (χ4n) is 3.16. The van der Waals surface area contributed by atoms with Crippen LogP contribution in [0.15, 0.2) is 103 Å². The smallest absolute Gasteiger partial charge is 0.435 e. The van der Waals surface area contributed by atoms with Gasteiger partial charge in [-0.25, -0.2) is 4.79 Å². The second kappa shape index (κ2) is 8.55. The molecule has 0 radical (unpaired) electrons. The van der Waals surface area contributed by atoms with Crippen molar-refractivity contribution >= 4 is 6.09 Å². The van der Waals surface area contributed by atoms with Crippen molar-refractivity contribution in [2.24, 2.45) is 0 Å². The van der Waals surface area contributed by atoms with Gasteiger partial charge in [0.15, 0.2) is 0 Å². The minimum atomic E-state index is -0.511. The van der Waals surface area contributed by atoms with Crippen molar-refractivity contribution in [1.82, 2.24) is 5.06 Å². The van der Waals surface area contributed by atoms with Crippen LogP contribution >= 0.6 is 0 Å². The first-order chi connectivity index (χ1) is 13.8. The van der Waals surface area contributed by atoms with E-state index in [1.807, 2.05) is 103 Å². The number of benzene rings is 3. The number of hydroxylamine groups is 2. The number of hydrogen-bond donors (Lipinski definition) is 0. The molecule has 4 rings (SSSR count). The summed E-state index contributed by atoms with van der Waals surface area (Å²) in [5.41, 5.74) is 2.87. The van der Waals surface area contributed by atoms with Crippen LogP contribution < -0.4 is 0 Å². The summed E-state index contributed by atoms with van der Waals surface area (Å²) in [6.45, 7) is 0.195. The number of carbonyl (C=O) groups is 1. The lowest BCUT2D eigenvalue weighted by Crippen LogP contribution is -2.38. The highest BCUT2D eigenvalue weighted by Gasteiger charge is 2.32. The Hall–Kier alpha value is -3.37. The van der Waals surface area contributed by atoms with Crippen molar-refractivity contribution in [2.45, 2.75) is 18.8 Å². The molecule has 4 nitrogen and oxygen atoms in total. The van der Waals surface area contributed by atoms with E-state index in [4.69, 9.17) is 9.57 Å². The molecule has 0 saturated carbocycles. The van der Waals surface area contributed by atoms with Gasteiger partial charge in [0.2, 0.25) is 0 Å². The van der Waals surface area contributed by atoms with Crippen molar-refractivity contribution in [3.63, 3.8) is 0 Å². The normalized spacial score (nSPS) is 18.6. The lowest BCUT2D eigenvalue weighted by atomic mass is 10.0. The Morgan fingerprint density at radius 3 is 2.00 bits per heavy atom. The maximum absolute atomic E-state index is 12.9. The van der Waals surface area contributed by atoms with Gasteiger partial charge < -0.3 is 4.74 Å². The summed E-state index contributed by atoms with van der Waals surface area (Å²) in [6.07, 6.45) is 3.11. The average Bonchev–Trinajstić information content (AvgIpc) is 2.79. The minimum Gasteiger partial charge on any atom is -0.443 e. The van der Waals surface area contributed by atoms with Crippen LogP contribution in [0.3, 0.4) is 0 Å². The Labute approximate surface area is 164 Å². The van der Waals surface area contributed by atoms with Crippen LogP contribution in [0.2, 0.25) is 0 Å². The number of nitrogens with zero attached hydrogens (tertiary/aromatic N) is 1. The van der Waals surface area contributed by atoms with Crippen molar-refractivity contribution in [3.05, 3.63) is 120 Å². The van der Waals surface area contributed by atoms with Crippen molar-refractivity contribution < 1.29 is 14.4 Å². The van der Waals surface area contributed by atoms with Gasteiger partial charge in [-0.15, -0.1) is 0 Å². The van der Waals surface area contributed by atoms with E-state index in [-0.39, 0.29) is 18.8 Å². The fraction of sp³-hybridized carbons (Fsp3) is 0.125. The van der Waals surface area contributed by atoms with E-state index in [2.05, 4.69) is 0 Å². The third kappa shape index (κ3) is 4.13. The van der Waals surface area contributed by atoms with Crippen LogP contribution in [0.4, 0.5) is 4.79 Å². The molecule has 0 bridgehead atoms. The maximum atomic E-state index is 12.9. The molecule has 0 fully saturated rings. The van der Waals surface area contributed by atoms with E-state index >= 15 is 0 Å². The molecule has 1 heterocycles. The third-order valence-corrected chi connectivity index (χ3v) is 4.60. The lowest BCUT2D eigenvalue weighted by Gasteiger charge is -2.34. The van der Waals surface area contributed by atoms with Gasteiger partial charge in [-0.3, -0.25) is 4.84 Å². The van der Waals surface area contributed by atoms with E-state index in [0.717, 1.165) is 16.7 Å². The highest BCUT2D eigenvalue weighted by Crippen LogP contribution is 2.34. The standard InChI is InChI=1S/C24H21NO3/c26-24(27-18-19-10-4-1-5-11-19)25-22(20-12-6-2-7-13-20)16-17-23(28-25)21-14-8-3-9-15-21/h1-17,22-23H,18H2/t22-,23+/m0/s1. The van der Waals surface area contributed by atoms with E-state index in [0.29, 0.717) is 0 Å². The lowest BCUT2D eigenvalue weighted by molar-refractivity contribution is -0.188. The Kier molecular flexibility index (Phi) is 5.50. The zero-order valence-electron chi connectivity index (χ0n) is 15.3. The molecular formula is C24H21NO3. The van der Waals surface area contributed by atoms with E-state index in [9.17, 15) is 4.79 Å². The monoisotopic (exact) mass is 371 g/mol. The Balaban J connectivity index is 1.56. The SMILES string of the molecule is O=C(OCc1ccccc1)N1O[C@@H](c2ccccc2)C=C[C@H]1c1ccccc1. The first-order valence-corrected chi connectivity index (χ1v) is 9.26. The summed E-state index contributed by atoms with van der Waals surface area (Å²) in [6, 6.07) is 28.9. The minimum absolute atomic E-state index is 0.195. The molecule has 4 heteroatoms. The Morgan fingerprint density at radius 2 is 1.36 bits per heavy atom. The van der Waals surface area contributed by atoms with Gasteiger partial charge >= 0.3 is 6.09 Å². The van der Waals surface area contributed by atoms with E-state index in [1.54, 1.807) is 0 Å². The number of ether oxygens (including phenoxy) is 1. The summed E-state index contributed by atoms with van der Waals surface area (Å²) < 4.78 is 5.53. The number of rotatable bonds is 4. The van der Waals surface area contributed by atoms with Gasteiger partial charge in [-0.1, -0.05) is 103 Å². The topological polar surface area (TPSA) is 38.8 Å². The largest absolute Gasteiger partial charge is 0.443 e. The molecular weight excluding hydrogens is 350 g/mol. The summed E-state index contributed by atoms with van der Waals surface area (Å²) in [4.78, 5) is 18.9. The van der Waals surface area contributed by atoms with Gasteiger partial charge in [0, 0.05) is 0 Å². The van der Waals surface area contributed by atoms with Crippen LogP contribution in [-0.4, -0.2) is 11.2 Å². The molecule has 1 aliphatic rings. The molecule has 0 aliphatic carbocycles. The quantitative estimate of drug-likeness (QED) is 0.560. The molecule has 0 unspecified atom stereocenters.